The molecule has 2 saturated heterocycles. The van der Waals surface area contributed by atoms with E-state index in [-0.39, 0.29) is 5.91 Å². The first kappa shape index (κ1) is 24.1. The lowest BCUT2D eigenvalue weighted by Gasteiger charge is -2.53. The van der Waals surface area contributed by atoms with Gasteiger partial charge in [0.25, 0.3) is 5.91 Å². The molecular weight excluding hydrogens is 487 g/mol. The van der Waals surface area contributed by atoms with Crippen molar-refractivity contribution >= 4 is 16.9 Å². The molecule has 11 heteroatoms. The molecule has 6 rings (SSSR count). The zero-order valence-electron chi connectivity index (χ0n) is 21.0. The number of nitriles is 1. The smallest absolute Gasteiger partial charge is 0.254 e. The Balaban J connectivity index is 1.12. The fourth-order valence-electron chi connectivity index (χ4n) is 5.68. The van der Waals surface area contributed by atoms with Gasteiger partial charge in [-0.25, -0.2) is 14.4 Å². The monoisotopic (exact) mass is 514 g/mol. The van der Waals surface area contributed by atoms with Gasteiger partial charge in [-0.3, -0.25) is 14.4 Å². The summed E-state index contributed by atoms with van der Waals surface area (Å²) in [5.74, 6) is -0.346. The SMILES string of the molecule is COc1cc(F)cc(C(=O)N2CCC(N3CC(CC#N)(n4cc(-c5ncnc6[nH]ccc56)cn4)C3)CC2)c1. The van der Waals surface area contributed by atoms with Gasteiger partial charge >= 0.3 is 0 Å². The van der Waals surface area contributed by atoms with E-state index in [1.807, 2.05) is 23.1 Å². The number of H-pyrrole nitrogens is 1. The Labute approximate surface area is 218 Å². The first-order valence-electron chi connectivity index (χ1n) is 12.6. The molecule has 0 atom stereocenters. The number of hydrogen-bond donors (Lipinski definition) is 1. The van der Waals surface area contributed by atoms with E-state index >= 15 is 0 Å². The van der Waals surface area contributed by atoms with Crippen molar-refractivity contribution in [3.8, 4) is 23.1 Å². The number of benzene rings is 1. The predicted octanol–water partition coefficient (Wildman–Crippen LogP) is 3.20. The second kappa shape index (κ2) is 9.54. The zero-order valence-corrected chi connectivity index (χ0v) is 21.0. The van der Waals surface area contributed by atoms with Crippen molar-refractivity contribution in [2.75, 3.05) is 33.3 Å². The standard InChI is InChI=1S/C27H27FN8O2/c1-38-22-11-18(10-20(28)12-22)26(37)34-8-3-21(4-9-34)35-15-27(16-35,5-6-29)36-14-19(13-33-36)24-23-2-7-30-25(23)32-17-31-24/h2,7,10-14,17,21H,3-5,8-9,15-16H2,1H3,(H,30,31,32). The molecule has 0 radical (unpaired) electrons. The number of nitrogens with zero attached hydrogens (tertiary/aromatic N) is 7. The third-order valence-corrected chi connectivity index (χ3v) is 7.72. The van der Waals surface area contributed by atoms with E-state index < -0.39 is 11.4 Å². The molecule has 10 nitrogen and oxygen atoms in total. The van der Waals surface area contributed by atoms with Crippen molar-refractivity contribution in [1.82, 2.24) is 34.5 Å². The van der Waals surface area contributed by atoms with Crippen LogP contribution in [0.15, 0.2) is 49.2 Å². The number of aromatic amines is 1. The quantitative estimate of drug-likeness (QED) is 0.420. The normalized spacial score (nSPS) is 17.8. The Hall–Kier alpha value is -4.30. The summed E-state index contributed by atoms with van der Waals surface area (Å²) in [6.07, 6.45) is 9.12. The summed E-state index contributed by atoms with van der Waals surface area (Å²) >= 11 is 0. The van der Waals surface area contributed by atoms with Gasteiger partial charge in [0.05, 0.1) is 31.5 Å². The van der Waals surface area contributed by atoms with Gasteiger partial charge in [-0.15, -0.1) is 0 Å². The molecule has 0 bridgehead atoms. The van der Waals surface area contributed by atoms with Crippen molar-refractivity contribution < 1.29 is 13.9 Å². The van der Waals surface area contributed by atoms with Crippen molar-refractivity contribution in [3.63, 3.8) is 0 Å². The van der Waals surface area contributed by atoms with Crippen molar-refractivity contribution in [2.24, 2.45) is 0 Å². The van der Waals surface area contributed by atoms with E-state index in [0.717, 1.165) is 35.1 Å². The first-order chi connectivity index (χ1) is 18.5. The fraction of sp³-hybridized carbons (Fsp3) is 0.370. The van der Waals surface area contributed by atoms with Gasteiger partial charge in [-0.2, -0.15) is 10.4 Å². The van der Waals surface area contributed by atoms with Gasteiger partial charge in [0.1, 0.15) is 29.1 Å². The average Bonchev–Trinajstić information content (AvgIpc) is 3.60. The number of ether oxygens (including phenoxy) is 1. The maximum atomic E-state index is 13.9. The number of rotatable bonds is 6. The molecule has 38 heavy (non-hydrogen) atoms. The molecular formula is C27H27FN8O2. The maximum Gasteiger partial charge on any atom is 0.254 e. The highest BCUT2D eigenvalue weighted by Gasteiger charge is 2.48. The minimum absolute atomic E-state index is 0.186. The second-order valence-corrected chi connectivity index (χ2v) is 10.0. The average molecular weight is 515 g/mol. The molecule has 2 aliphatic rings. The fourth-order valence-corrected chi connectivity index (χ4v) is 5.68. The summed E-state index contributed by atoms with van der Waals surface area (Å²) < 4.78 is 20.9. The third kappa shape index (κ3) is 4.16. The lowest BCUT2D eigenvalue weighted by atomic mass is 9.83. The molecule has 2 aliphatic heterocycles. The molecule has 5 heterocycles. The number of nitrogens with one attached hydrogen (secondary N) is 1. The highest BCUT2D eigenvalue weighted by molar-refractivity contribution is 5.94. The zero-order chi connectivity index (χ0) is 26.3. The number of carbonyl (C=O) groups excluding carboxylic acids is 1. The molecule has 1 N–H and O–H groups in total. The van der Waals surface area contributed by atoms with Gasteiger partial charge in [0.2, 0.25) is 0 Å². The Bertz CT molecular complexity index is 1530. The number of methoxy groups -OCH3 is 1. The molecule has 0 saturated carbocycles. The van der Waals surface area contributed by atoms with Crippen LogP contribution in [0, 0.1) is 17.1 Å². The molecule has 4 aromatic rings. The van der Waals surface area contributed by atoms with Crippen LogP contribution < -0.4 is 4.74 Å². The van der Waals surface area contributed by atoms with Gasteiger partial charge in [-0.05, 0) is 31.0 Å². The number of amides is 1. The van der Waals surface area contributed by atoms with Crippen LogP contribution in [0.4, 0.5) is 4.39 Å². The number of hydrogen-bond acceptors (Lipinski definition) is 7. The molecule has 1 amide bonds. The summed E-state index contributed by atoms with van der Waals surface area (Å²) in [5, 5.41) is 15.2. The molecule has 0 spiro atoms. The van der Waals surface area contributed by atoms with Gasteiger partial charge in [-0.1, -0.05) is 0 Å². The van der Waals surface area contributed by atoms with Crippen LogP contribution in [0.2, 0.25) is 0 Å². The van der Waals surface area contributed by atoms with E-state index in [2.05, 4.69) is 31.0 Å². The van der Waals surface area contributed by atoms with Crippen LogP contribution >= 0.6 is 0 Å². The number of aromatic nitrogens is 5. The third-order valence-electron chi connectivity index (χ3n) is 7.72. The van der Waals surface area contributed by atoms with Crippen LogP contribution in [-0.2, 0) is 5.54 Å². The minimum atomic E-state index is -0.490. The Kier molecular flexibility index (Phi) is 6.04. The number of likely N-dealkylation sites (tertiary alicyclic amines) is 2. The Morgan fingerprint density at radius 1 is 1.26 bits per heavy atom. The molecule has 194 valence electrons. The first-order valence-corrected chi connectivity index (χ1v) is 12.6. The molecule has 1 aromatic carbocycles. The molecule has 3 aromatic heterocycles. The van der Waals surface area contributed by atoms with Crippen LogP contribution in [0.1, 0.15) is 29.6 Å². The van der Waals surface area contributed by atoms with E-state index in [4.69, 9.17) is 4.74 Å². The second-order valence-electron chi connectivity index (χ2n) is 10.0. The summed E-state index contributed by atoms with van der Waals surface area (Å²) in [4.78, 5) is 28.9. The van der Waals surface area contributed by atoms with E-state index in [0.29, 0.717) is 50.0 Å². The minimum Gasteiger partial charge on any atom is -0.497 e. The summed E-state index contributed by atoms with van der Waals surface area (Å²) in [6.45, 7) is 2.61. The Morgan fingerprint density at radius 2 is 2.08 bits per heavy atom. The Morgan fingerprint density at radius 3 is 2.84 bits per heavy atom. The lowest BCUT2D eigenvalue weighted by Crippen LogP contribution is -2.66. The van der Waals surface area contributed by atoms with E-state index in [1.54, 1.807) is 17.2 Å². The molecule has 0 aliphatic carbocycles. The number of fused-ring (bicyclic) bond motifs is 1. The summed E-state index contributed by atoms with van der Waals surface area (Å²) in [5.41, 5.74) is 2.35. The molecule has 2 fully saturated rings. The highest BCUT2D eigenvalue weighted by atomic mass is 19.1. The lowest BCUT2D eigenvalue weighted by molar-refractivity contribution is -0.0412. The van der Waals surface area contributed by atoms with Gasteiger partial charge in [0.15, 0.2) is 0 Å². The van der Waals surface area contributed by atoms with Crippen LogP contribution in [0.5, 0.6) is 5.75 Å². The van der Waals surface area contributed by atoms with Gasteiger partial charge < -0.3 is 14.6 Å². The van der Waals surface area contributed by atoms with Crippen LogP contribution in [0.25, 0.3) is 22.3 Å². The van der Waals surface area contributed by atoms with E-state index in [1.165, 1.54) is 25.6 Å². The largest absolute Gasteiger partial charge is 0.497 e. The number of halogens is 1. The number of carbonyl (C=O) groups is 1. The predicted molar refractivity (Wildman–Crippen MR) is 137 cm³/mol. The summed E-state index contributed by atoms with van der Waals surface area (Å²) in [6, 6.07) is 8.69. The maximum absolute atomic E-state index is 13.9. The number of piperidine rings is 1. The highest BCUT2D eigenvalue weighted by Crippen LogP contribution is 2.37. The summed E-state index contributed by atoms with van der Waals surface area (Å²) in [7, 11) is 1.45. The van der Waals surface area contributed by atoms with Crippen LogP contribution in [-0.4, -0.2) is 79.8 Å². The van der Waals surface area contributed by atoms with Crippen LogP contribution in [0.3, 0.4) is 0 Å². The topological polar surface area (TPSA) is 116 Å². The van der Waals surface area contributed by atoms with E-state index in [9.17, 15) is 14.4 Å². The molecule has 0 unspecified atom stereocenters. The van der Waals surface area contributed by atoms with Crippen molar-refractivity contribution in [1.29, 1.82) is 5.26 Å². The van der Waals surface area contributed by atoms with Gasteiger partial charge in [0, 0.05) is 67.2 Å². The van der Waals surface area contributed by atoms with Crippen molar-refractivity contribution in [2.45, 2.75) is 30.8 Å². The van der Waals surface area contributed by atoms with Crippen molar-refractivity contribution in [3.05, 3.63) is 60.6 Å².